The zero-order valence-electron chi connectivity index (χ0n) is 18.5. The highest BCUT2D eigenvalue weighted by molar-refractivity contribution is 8.01. The topological polar surface area (TPSA) is 115 Å². The summed E-state index contributed by atoms with van der Waals surface area (Å²) in [6, 6.07) is 10.4. The summed E-state index contributed by atoms with van der Waals surface area (Å²) in [4.78, 5) is 41.4. The Morgan fingerprint density at radius 3 is 2.47 bits per heavy atom. The van der Waals surface area contributed by atoms with Crippen LogP contribution in [-0.4, -0.2) is 76.0 Å². The number of ether oxygens (including phenoxy) is 2. The molecule has 0 radical (unpaired) electrons. The van der Waals surface area contributed by atoms with Gasteiger partial charge in [0, 0.05) is 24.8 Å². The van der Waals surface area contributed by atoms with Gasteiger partial charge >= 0.3 is 5.97 Å². The Morgan fingerprint density at radius 1 is 1.03 bits per heavy atom. The first-order valence-corrected chi connectivity index (χ1v) is 12.1. The van der Waals surface area contributed by atoms with Crippen molar-refractivity contribution in [2.75, 3.05) is 33.1 Å². The second kappa shape index (κ2) is 10.6. The molecule has 1 saturated heterocycles. The minimum absolute atomic E-state index is 0.121. The van der Waals surface area contributed by atoms with Gasteiger partial charge in [0.1, 0.15) is 16.5 Å². The normalized spacial score (nSPS) is 13.1. The number of benzene rings is 1. The van der Waals surface area contributed by atoms with Crippen LogP contribution in [0.15, 0.2) is 46.9 Å². The number of methoxy groups -OCH3 is 2. The molecule has 2 amide bonds. The van der Waals surface area contributed by atoms with E-state index in [-0.39, 0.29) is 22.9 Å². The second-order valence-electron chi connectivity index (χ2n) is 7.11. The highest BCUT2D eigenvalue weighted by atomic mass is 32.2. The first-order valence-electron chi connectivity index (χ1n) is 10.3. The number of rotatable bonds is 7. The number of aromatic nitrogens is 3. The fourth-order valence-corrected chi connectivity index (χ4v) is 5.02. The number of esters is 1. The van der Waals surface area contributed by atoms with Gasteiger partial charge in [-0.3, -0.25) is 19.6 Å². The first kappa shape index (κ1) is 23.6. The molecule has 2 aromatic heterocycles. The van der Waals surface area contributed by atoms with Crippen LogP contribution in [0.5, 0.6) is 5.75 Å². The van der Waals surface area contributed by atoms with E-state index in [2.05, 4.69) is 19.9 Å². The molecule has 1 fully saturated rings. The van der Waals surface area contributed by atoms with Gasteiger partial charge in [-0.25, -0.2) is 9.80 Å². The number of hydrogen-bond acceptors (Lipinski definition) is 10. The van der Waals surface area contributed by atoms with Crippen molar-refractivity contribution < 1.29 is 23.9 Å². The molecule has 0 spiro atoms. The average Bonchev–Trinajstić information content (AvgIpc) is 3.57. The molecule has 1 aliphatic rings. The van der Waals surface area contributed by atoms with Gasteiger partial charge in [-0.15, -0.1) is 10.2 Å². The lowest BCUT2D eigenvalue weighted by atomic mass is 10.2. The minimum atomic E-state index is -0.534. The van der Waals surface area contributed by atoms with Gasteiger partial charge in [0.2, 0.25) is 0 Å². The van der Waals surface area contributed by atoms with Gasteiger partial charge in [-0.05, 0) is 42.8 Å². The summed E-state index contributed by atoms with van der Waals surface area (Å²) < 4.78 is 10.5. The molecular weight excluding hydrogens is 478 g/mol. The highest BCUT2D eigenvalue weighted by Crippen LogP contribution is 2.30. The number of thioether (sulfide) groups is 1. The summed E-state index contributed by atoms with van der Waals surface area (Å²) in [5, 5.41) is 12.0. The second-order valence-corrected chi connectivity index (χ2v) is 9.31. The Kier molecular flexibility index (Phi) is 7.38. The fourth-order valence-electron chi connectivity index (χ4n) is 3.29. The van der Waals surface area contributed by atoms with E-state index in [9.17, 15) is 14.4 Å². The molecule has 0 N–H and O–H groups in total. The molecule has 3 heterocycles. The molecule has 10 nitrogen and oxygen atoms in total. The number of hydrazine groups is 1. The van der Waals surface area contributed by atoms with E-state index in [1.54, 1.807) is 7.11 Å². The number of carbonyl (C=O) groups excluding carboxylic acids is 3. The standard InChI is InChI=1S/C22H21N5O5S2/c1-31-16-7-4-14(5-8-16)19-24-25-22(34-19)33-13-18(28)26-10-3-11-27(26)20(29)17-9-6-15(12-23-17)21(30)32-2/h4-9,12H,3,10-11,13H2,1-2H3. The Morgan fingerprint density at radius 2 is 1.79 bits per heavy atom. The number of amides is 2. The van der Waals surface area contributed by atoms with Crippen molar-refractivity contribution in [1.29, 1.82) is 0 Å². The van der Waals surface area contributed by atoms with E-state index in [4.69, 9.17) is 4.74 Å². The van der Waals surface area contributed by atoms with Crippen LogP contribution >= 0.6 is 23.1 Å². The third-order valence-electron chi connectivity index (χ3n) is 5.02. The third-order valence-corrected chi connectivity index (χ3v) is 7.11. The van der Waals surface area contributed by atoms with Crippen LogP contribution in [-0.2, 0) is 9.53 Å². The van der Waals surface area contributed by atoms with E-state index in [1.165, 1.54) is 58.6 Å². The molecular formula is C22H21N5O5S2. The average molecular weight is 500 g/mol. The van der Waals surface area contributed by atoms with Gasteiger partial charge in [0.25, 0.3) is 11.8 Å². The quantitative estimate of drug-likeness (QED) is 0.357. The van der Waals surface area contributed by atoms with E-state index in [0.717, 1.165) is 16.3 Å². The first-order chi connectivity index (χ1) is 16.5. The predicted molar refractivity (Wildman–Crippen MR) is 126 cm³/mol. The summed E-state index contributed by atoms with van der Waals surface area (Å²) in [5.41, 5.74) is 1.31. The van der Waals surface area contributed by atoms with Gasteiger partial charge in [-0.2, -0.15) is 0 Å². The summed E-state index contributed by atoms with van der Waals surface area (Å²) >= 11 is 2.67. The van der Waals surface area contributed by atoms with Gasteiger partial charge in [-0.1, -0.05) is 23.1 Å². The zero-order valence-corrected chi connectivity index (χ0v) is 20.1. The van der Waals surface area contributed by atoms with Crippen LogP contribution in [0, 0.1) is 0 Å². The Labute approximate surface area is 203 Å². The van der Waals surface area contributed by atoms with Crippen LogP contribution in [0.25, 0.3) is 10.6 Å². The molecule has 0 aliphatic carbocycles. The minimum Gasteiger partial charge on any atom is -0.497 e. The highest BCUT2D eigenvalue weighted by Gasteiger charge is 2.32. The molecule has 1 aliphatic heterocycles. The monoisotopic (exact) mass is 499 g/mol. The van der Waals surface area contributed by atoms with Gasteiger partial charge in [0.05, 0.1) is 25.5 Å². The molecule has 0 bridgehead atoms. The molecule has 3 aromatic rings. The predicted octanol–water partition coefficient (Wildman–Crippen LogP) is 2.78. The Balaban J connectivity index is 1.36. The maximum absolute atomic E-state index is 12.9. The summed E-state index contributed by atoms with van der Waals surface area (Å²) in [5.74, 6) is -0.260. The third kappa shape index (κ3) is 5.18. The molecule has 1 aromatic carbocycles. The fraction of sp³-hybridized carbons (Fsp3) is 0.273. The maximum Gasteiger partial charge on any atom is 0.339 e. The lowest BCUT2D eigenvalue weighted by Crippen LogP contribution is -2.45. The van der Waals surface area contributed by atoms with Crippen molar-refractivity contribution in [2.45, 2.75) is 10.8 Å². The molecule has 0 atom stereocenters. The molecule has 0 saturated carbocycles. The number of carbonyl (C=O) groups is 3. The maximum atomic E-state index is 12.9. The van der Waals surface area contributed by atoms with E-state index in [1.807, 2.05) is 24.3 Å². The molecule has 176 valence electrons. The van der Waals surface area contributed by atoms with Crippen LogP contribution in [0.3, 0.4) is 0 Å². The van der Waals surface area contributed by atoms with Crippen molar-refractivity contribution in [1.82, 2.24) is 25.2 Å². The number of hydrogen-bond donors (Lipinski definition) is 0. The van der Waals surface area contributed by atoms with Crippen LogP contribution in [0.2, 0.25) is 0 Å². The van der Waals surface area contributed by atoms with Crippen molar-refractivity contribution in [3.05, 3.63) is 53.9 Å². The van der Waals surface area contributed by atoms with Crippen LogP contribution in [0.1, 0.15) is 27.3 Å². The van der Waals surface area contributed by atoms with Crippen molar-refractivity contribution in [3.8, 4) is 16.3 Å². The largest absolute Gasteiger partial charge is 0.497 e. The summed E-state index contributed by atoms with van der Waals surface area (Å²) in [6.45, 7) is 0.856. The van der Waals surface area contributed by atoms with Gasteiger partial charge < -0.3 is 9.47 Å². The Bertz CT molecular complexity index is 1180. The van der Waals surface area contributed by atoms with Crippen molar-refractivity contribution in [2.24, 2.45) is 0 Å². The zero-order chi connectivity index (χ0) is 24.1. The van der Waals surface area contributed by atoms with E-state index >= 15 is 0 Å². The van der Waals surface area contributed by atoms with Crippen molar-refractivity contribution >= 4 is 40.9 Å². The number of pyridine rings is 1. The van der Waals surface area contributed by atoms with Gasteiger partial charge in [0.15, 0.2) is 4.34 Å². The smallest absolute Gasteiger partial charge is 0.339 e. The molecule has 0 unspecified atom stereocenters. The molecule has 34 heavy (non-hydrogen) atoms. The number of nitrogens with zero attached hydrogens (tertiary/aromatic N) is 5. The lowest BCUT2D eigenvalue weighted by molar-refractivity contribution is -0.137. The summed E-state index contributed by atoms with van der Waals surface area (Å²) in [7, 11) is 2.88. The van der Waals surface area contributed by atoms with Crippen LogP contribution in [0.4, 0.5) is 0 Å². The van der Waals surface area contributed by atoms with E-state index in [0.29, 0.717) is 23.8 Å². The summed E-state index contributed by atoms with van der Waals surface area (Å²) in [6.07, 6.45) is 1.95. The SMILES string of the molecule is COC(=O)c1ccc(C(=O)N2CCCN2C(=O)CSc2nnc(-c3ccc(OC)cc3)s2)nc1. The lowest BCUT2D eigenvalue weighted by Gasteiger charge is -2.27. The van der Waals surface area contributed by atoms with Crippen LogP contribution < -0.4 is 4.74 Å². The van der Waals surface area contributed by atoms with Crippen molar-refractivity contribution in [3.63, 3.8) is 0 Å². The Hall–Kier alpha value is -3.51. The van der Waals surface area contributed by atoms with E-state index < -0.39 is 11.9 Å². The molecule has 12 heteroatoms. The molecule has 4 rings (SSSR count).